The summed E-state index contributed by atoms with van der Waals surface area (Å²) >= 11 is 0. The summed E-state index contributed by atoms with van der Waals surface area (Å²) in [6.07, 6.45) is 3.85. The first kappa shape index (κ1) is 12.5. The van der Waals surface area contributed by atoms with E-state index in [2.05, 4.69) is 5.18 Å². The normalized spacial score (nSPS) is 12.9. The summed E-state index contributed by atoms with van der Waals surface area (Å²) in [6.45, 7) is 5.60. The predicted octanol–water partition coefficient (Wildman–Crippen LogP) is 3.40. The lowest BCUT2D eigenvalue weighted by atomic mass is 9.96. The van der Waals surface area contributed by atoms with Gasteiger partial charge in [-0.05, 0) is 30.5 Å². The molecule has 0 bridgehead atoms. The van der Waals surface area contributed by atoms with Crippen LogP contribution in [0.4, 0.5) is 0 Å². The standard InChI is InChI=1S/C14H16N2O2/c1-9(2)11-8-16-7-5-4-6-12(16)13(11)14(17)10(3)15-18/h4-10H,1-3H3. The molecule has 2 aromatic rings. The number of fused-ring (bicyclic) bond motifs is 1. The van der Waals surface area contributed by atoms with E-state index >= 15 is 0 Å². The van der Waals surface area contributed by atoms with Gasteiger partial charge in [-0.25, -0.2) is 0 Å². The van der Waals surface area contributed by atoms with Gasteiger partial charge in [0.15, 0.2) is 11.8 Å². The minimum Gasteiger partial charge on any atom is -0.323 e. The Hall–Kier alpha value is -1.97. The number of pyridine rings is 1. The Morgan fingerprint density at radius 2 is 2.00 bits per heavy atom. The summed E-state index contributed by atoms with van der Waals surface area (Å²) in [5.41, 5.74) is 2.42. The molecule has 0 amide bonds. The largest absolute Gasteiger partial charge is 0.323 e. The van der Waals surface area contributed by atoms with Crippen molar-refractivity contribution in [2.45, 2.75) is 32.7 Å². The van der Waals surface area contributed by atoms with Crippen molar-refractivity contribution >= 4 is 11.3 Å². The monoisotopic (exact) mass is 244 g/mol. The lowest BCUT2D eigenvalue weighted by Crippen LogP contribution is -2.15. The van der Waals surface area contributed by atoms with Gasteiger partial charge >= 0.3 is 0 Å². The molecule has 0 saturated heterocycles. The number of aromatic nitrogens is 1. The van der Waals surface area contributed by atoms with Crippen molar-refractivity contribution in [2.24, 2.45) is 5.18 Å². The highest BCUT2D eigenvalue weighted by Gasteiger charge is 2.24. The van der Waals surface area contributed by atoms with Crippen LogP contribution in [0.2, 0.25) is 0 Å². The minimum atomic E-state index is -0.839. The van der Waals surface area contributed by atoms with Crippen LogP contribution in [-0.2, 0) is 0 Å². The molecule has 2 heterocycles. The summed E-state index contributed by atoms with van der Waals surface area (Å²) in [5.74, 6) is 0.0186. The van der Waals surface area contributed by atoms with Crippen LogP contribution >= 0.6 is 0 Å². The lowest BCUT2D eigenvalue weighted by Gasteiger charge is -2.07. The molecule has 0 aromatic carbocycles. The number of ketones is 1. The molecule has 4 heteroatoms. The molecule has 0 aliphatic rings. The summed E-state index contributed by atoms with van der Waals surface area (Å²) in [4.78, 5) is 22.9. The minimum absolute atomic E-state index is 0.206. The van der Waals surface area contributed by atoms with Gasteiger partial charge in [-0.2, -0.15) is 4.91 Å². The zero-order valence-electron chi connectivity index (χ0n) is 10.8. The molecule has 0 aliphatic carbocycles. The van der Waals surface area contributed by atoms with E-state index in [0.717, 1.165) is 11.1 Å². The Labute approximate surface area is 106 Å². The van der Waals surface area contributed by atoms with E-state index in [1.54, 1.807) is 0 Å². The van der Waals surface area contributed by atoms with Crippen molar-refractivity contribution in [2.75, 3.05) is 0 Å². The summed E-state index contributed by atoms with van der Waals surface area (Å²) in [5, 5.41) is 2.84. The first-order valence-corrected chi connectivity index (χ1v) is 6.02. The Morgan fingerprint density at radius 3 is 2.61 bits per heavy atom. The number of rotatable bonds is 4. The first-order chi connectivity index (χ1) is 8.56. The molecule has 2 rings (SSSR count). The fraction of sp³-hybridized carbons (Fsp3) is 0.357. The number of nitroso groups, excluding NO2 is 1. The van der Waals surface area contributed by atoms with Crippen LogP contribution in [0.1, 0.15) is 42.6 Å². The SMILES string of the molecule is CC(N=O)C(=O)c1c(C(C)C)cn2ccccc12. The maximum absolute atomic E-state index is 12.3. The Morgan fingerprint density at radius 1 is 1.28 bits per heavy atom. The molecule has 0 fully saturated rings. The Balaban J connectivity index is 2.69. The van der Waals surface area contributed by atoms with Gasteiger partial charge < -0.3 is 4.40 Å². The topological polar surface area (TPSA) is 50.9 Å². The fourth-order valence-electron chi connectivity index (χ4n) is 2.11. The number of Topliss-reactive ketones (excluding diaryl/α,β-unsaturated/α-hetero) is 1. The third kappa shape index (κ3) is 1.94. The Bertz CT molecular complexity index is 599. The van der Waals surface area contributed by atoms with Crippen LogP contribution in [-0.4, -0.2) is 16.2 Å². The average Bonchev–Trinajstić information content (AvgIpc) is 2.76. The molecule has 0 saturated carbocycles. The number of carbonyl (C=O) groups excluding carboxylic acids is 1. The van der Waals surface area contributed by atoms with Gasteiger partial charge in [0.25, 0.3) is 0 Å². The van der Waals surface area contributed by atoms with Crippen molar-refractivity contribution < 1.29 is 4.79 Å². The molecule has 2 aromatic heterocycles. The number of carbonyl (C=O) groups is 1. The molecule has 0 N–H and O–H groups in total. The molecular formula is C14H16N2O2. The van der Waals surface area contributed by atoms with Gasteiger partial charge in [0, 0.05) is 18.0 Å². The van der Waals surface area contributed by atoms with E-state index < -0.39 is 6.04 Å². The van der Waals surface area contributed by atoms with E-state index in [1.165, 1.54) is 6.92 Å². The van der Waals surface area contributed by atoms with Gasteiger partial charge in [-0.15, -0.1) is 0 Å². The maximum Gasteiger partial charge on any atom is 0.193 e. The highest BCUT2D eigenvalue weighted by molar-refractivity contribution is 6.07. The fourth-order valence-corrected chi connectivity index (χ4v) is 2.11. The van der Waals surface area contributed by atoms with Crippen LogP contribution in [0, 0.1) is 4.91 Å². The zero-order valence-corrected chi connectivity index (χ0v) is 10.8. The van der Waals surface area contributed by atoms with Crippen LogP contribution in [0.3, 0.4) is 0 Å². The van der Waals surface area contributed by atoms with Gasteiger partial charge in [-0.1, -0.05) is 25.1 Å². The smallest absolute Gasteiger partial charge is 0.193 e. The quantitative estimate of drug-likeness (QED) is 0.611. The molecular weight excluding hydrogens is 228 g/mol. The molecule has 0 aliphatic heterocycles. The summed E-state index contributed by atoms with van der Waals surface area (Å²) in [6, 6.07) is 4.84. The molecule has 1 atom stereocenters. The lowest BCUT2D eigenvalue weighted by molar-refractivity contribution is 0.0969. The first-order valence-electron chi connectivity index (χ1n) is 6.02. The van der Waals surface area contributed by atoms with E-state index in [4.69, 9.17) is 0 Å². The van der Waals surface area contributed by atoms with Gasteiger partial charge in [0.2, 0.25) is 0 Å². The molecule has 0 spiro atoms. The van der Waals surface area contributed by atoms with Crippen molar-refractivity contribution in [1.82, 2.24) is 4.40 Å². The van der Waals surface area contributed by atoms with Crippen LogP contribution in [0.25, 0.3) is 5.52 Å². The third-order valence-corrected chi connectivity index (χ3v) is 3.12. The second-order valence-corrected chi connectivity index (χ2v) is 4.75. The van der Waals surface area contributed by atoms with E-state index in [9.17, 15) is 9.70 Å². The zero-order chi connectivity index (χ0) is 13.3. The predicted molar refractivity (Wildman–Crippen MR) is 71.1 cm³/mol. The Kier molecular flexibility index (Phi) is 3.28. The molecule has 0 radical (unpaired) electrons. The highest BCUT2D eigenvalue weighted by atomic mass is 16.3. The molecule has 18 heavy (non-hydrogen) atoms. The number of nitrogens with zero attached hydrogens (tertiary/aromatic N) is 2. The summed E-state index contributed by atoms with van der Waals surface area (Å²) < 4.78 is 1.92. The van der Waals surface area contributed by atoms with Crippen molar-refractivity contribution in [1.29, 1.82) is 0 Å². The average molecular weight is 244 g/mol. The molecule has 4 nitrogen and oxygen atoms in total. The molecule has 94 valence electrons. The van der Waals surface area contributed by atoms with Crippen molar-refractivity contribution in [3.05, 3.63) is 46.6 Å². The van der Waals surface area contributed by atoms with Crippen molar-refractivity contribution in [3.63, 3.8) is 0 Å². The van der Waals surface area contributed by atoms with Crippen LogP contribution in [0.5, 0.6) is 0 Å². The van der Waals surface area contributed by atoms with E-state index in [0.29, 0.717) is 5.56 Å². The van der Waals surface area contributed by atoms with E-state index in [1.807, 2.05) is 48.8 Å². The van der Waals surface area contributed by atoms with Gasteiger partial charge in [-0.3, -0.25) is 4.79 Å². The van der Waals surface area contributed by atoms with Crippen molar-refractivity contribution in [3.8, 4) is 0 Å². The second-order valence-electron chi connectivity index (χ2n) is 4.75. The number of hydrogen-bond acceptors (Lipinski definition) is 3. The van der Waals surface area contributed by atoms with Crippen LogP contribution < -0.4 is 0 Å². The molecule has 1 unspecified atom stereocenters. The third-order valence-electron chi connectivity index (χ3n) is 3.12. The van der Waals surface area contributed by atoms with Gasteiger partial charge in [0.1, 0.15) is 0 Å². The maximum atomic E-state index is 12.3. The number of hydrogen-bond donors (Lipinski definition) is 0. The van der Waals surface area contributed by atoms with Gasteiger partial charge in [0.05, 0.1) is 5.52 Å². The van der Waals surface area contributed by atoms with E-state index in [-0.39, 0.29) is 11.7 Å². The second kappa shape index (κ2) is 4.72. The highest BCUT2D eigenvalue weighted by Crippen LogP contribution is 2.27. The van der Waals surface area contributed by atoms with Crippen LogP contribution in [0.15, 0.2) is 35.8 Å². The summed E-state index contributed by atoms with van der Waals surface area (Å²) in [7, 11) is 0.